The average molecular weight is 315 g/mol. The van der Waals surface area contributed by atoms with Gasteiger partial charge in [-0.1, -0.05) is 36.4 Å². The number of sulfonamides is 1. The van der Waals surface area contributed by atoms with Crippen molar-refractivity contribution < 1.29 is 8.42 Å². The van der Waals surface area contributed by atoms with Crippen molar-refractivity contribution in [2.24, 2.45) is 5.14 Å². The third kappa shape index (κ3) is 2.49. The van der Waals surface area contributed by atoms with E-state index in [1.54, 1.807) is 6.07 Å². The number of aromatic amines is 1. The molecule has 112 valence electrons. The molecule has 0 bridgehead atoms. The summed E-state index contributed by atoms with van der Waals surface area (Å²) < 4.78 is 23.8. The SMILES string of the molecule is Cc1ccccc1-c1cccc(S(N)(=O)=O)c1-c1nn[nH]n1. The zero-order valence-corrected chi connectivity index (χ0v) is 12.5. The molecule has 0 aliphatic carbocycles. The Hall–Kier alpha value is -2.58. The first kappa shape index (κ1) is 14.4. The quantitative estimate of drug-likeness (QED) is 0.760. The Kier molecular flexibility index (Phi) is 3.47. The van der Waals surface area contributed by atoms with E-state index in [0.717, 1.165) is 11.1 Å². The van der Waals surface area contributed by atoms with Crippen LogP contribution in [0.1, 0.15) is 5.56 Å². The molecule has 0 atom stereocenters. The van der Waals surface area contributed by atoms with E-state index < -0.39 is 10.0 Å². The maximum atomic E-state index is 11.9. The van der Waals surface area contributed by atoms with Crippen LogP contribution in [0.15, 0.2) is 47.4 Å². The van der Waals surface area contributed by atoms with E-state index >= 15 is 0 Å². The lowest BCUT2D eigenvalue weighted by molar-refractivity contribution is 0.598. The van der Waals surface area contributed by atoms with Crippen molar-refractivity contribution in [1.82, 2.24) is 20.6 Å². The predicted octanol–water partition coefficient (Wildman–Crippen LogP) is 1.49. The van der Waals surface area contributed by atoms with Gasteiger partial charge < -0.3 is 0 Å². The van der Waals surface area contributed by atoms with Crippen molar-refractivity contribution in [1.29, 1.82) is 0 Å². The Labute approximate surface area is 127 Å². The van der Waals surface area contributed by atoms with Crippen LogP contribution in [0.25, 0.3) is 22.5 Å². The summed E-state index contributed by atoms with van der Waals surface area (Å²) in [5, 5.41) is 19.0. The standard InChI is InChI=1S/C14H13N5O2S/c1-9-5-2-3-6-10(9)11-7-4-8-12(22(15,20)21)13(11)14-16-18-19-17-14/h2-8H,1H3,(H2,15,20,21)(H,16,17,18,19). The van der Waals surface area contributed by atoms with Crippen molar-refractivity contribution in [3.8, 4) is 22.5 Å². The Morgan fingerprint density at radius 2 is 1.77 bits per heavy atom. The monoisotopic (exact) mass is 315 g/mol. The largest absolute Gasteiger partial charge is 0.238 e. The first-order chi connectivity index (χ1) is 10.5. The van der Waals surface area contributed by atoms with Gasteiger partial charge in [0.05, 0.1) is 10.5 Å². The number of hydrogen-bond donors (Lipinski definition) is 2. The van der Waals surface area contributed by atoms with Gasteiger partial charge in [0.25, 0.3) is 0 Å². The third-order valence-corrected chi connectivity index (χ3v) is 4.29. The molecular weight excluding hydrogens is 302 g/mol. The minimum Gasteiger partial charge on any atom is -0.225 e. The van der Waals surface area contributed by atoms with Gasteiger partial charge in [-0.25, -0.2) is 13.6 Å². The summed E-state index contributed by atoms with van der Waals surface area (Å²) in [6.07, 6.45) is 0. The average Bonchev–Trinajstić information content (AvgIpc) is 3.00. The van der Waals surface area contributed by atoms with E-state index in [1.807, 2.05) is 37.3 Å². The molecule has 8 heteroatoms. The van der Waals surface area contributed by atoms with E-state index in [-0.39, 0.29) is 10.7 Å². The number of aryl methyl sites for hydroxylation is 1. The second-order valence-corrected chi connectivity index (χ2v) is 6.30. The van der Waals surface area contributed by atoms with Crippen LogP contribution in [0.3, 0.4) is 0 Å². The number of primary sulfonamides is 1. The van der Waals surface area contributed by atoms with Gasteiger partial charge in [-0.15, -0.1) is 10.2 Å². The van der Waals surface area contributed by atoms with Gasteiger partial charge in [-0.3, -0.25) is 0 Å². The summed E-state index contributed by atoms with van der Waals surface area (Å²) in [7, 11) is -3.92. The molecule has 0 amide bonds. The summed E-state index contributed by atoms with van der Waals surface area (Å²) in [6.45, 7) is 1.94. The van der Waals surface area contributed by atoms with Gasteiger partial charge in [0, 0.05) is 0 Å². The van der Waals surface area contributed by atoms with E-state index in [1.165, 1.54) is 6.07 Å². The van der Waals surface area contributed by atoms with Gasteiger partial charge in [0.1, 0.15) is 0 Å². The van der Waals surface area contributed by atoms with Crippen LogP contribution in [0.4, 0.5) is 0 Å². The fourth-order valence-electron chi connectivity index (χ4n) is 2.37. The fourth-order valence-corrected chi connectivity index (χ4v) is 3.12. The zero-order valence-electron chi connectivity index (χ0n) is 11.7. The van der Waals surface area contributed by atoms with Crippen molar-refractivity contribution in [2.45, 2.75) is 11.8 Å². The van der Waals surface area contributed by atoms with E-state index in [0.29, 0.717) is 11.1 Å². The summed E-state index contributed by atoms with van der Waals surface area (Å²) in [5.74, 6) is 0.183. The van der Waals surface area contributed by atoms with Crippen LogP contribution in [0.5, 0.6) is 0 Å². The molecule has 2 aromatic carbocycles. The second kappa shape index (κ2) is 5.32. The Bertz CT molecular complexity index is 920. The topological polar surface area (TPSA) is 115 Å². The molecule has 1 heterocycles. The Morgan fingerprint density at radius 1 is 1.05 bits per heavy atom. The normalized spacial score (nSPS) is 11.5. The Morgan fingerprint density at radius 3 is 2.41 bits per heavy atom. The molecule has 0 aliphatic heterocycles. The number of aromatic nitrogens is 4. The molecule has 0 fully saturated rings. The molecule has 22 heavy (non-hydrogen) atoms. The lowest BCUT2D eigenvalue weighted by Crippen LogP contribution is -2.14. The molecule has 0 aliphatic rings. The van der Waals surface area contributed by atoms with Gasteiger partial charge in [0.2, 0.25) is 15.8 Å². The molecule has 0 unspecified atom stereocenters. The summed E-state index contributed by atoms with van der Waals surface area (Å²) in [4.78, 5) is -0.0327. The predicted molar refractivity (Wildman–Crippen MR) is 81.2 cm³/mol. The minimum atomic E-state index is -3.92. The van der Waals surface area contributed by atoms with Crippen molar-refractivity contribution in [3.05, 3.63) is 48.0 Å². The molecule has 0 saturated carbocycles. The smallest absolute Gasteiger partial charge is 0.225 e. The van der Waals surface area contributed by atoms with Crippen LogP contribution in [-0.4, -0.2) is 29.0 Å². The van der Waals surface area contributed by atoms with Crippen LogP contribution in [0.2, 0.25) is 0 Å². The van der Waals surface area contributed by atoms with Crippen LogP contribution < -0.4 is 5.14 Å². The van der Waals surface area contributed by atoms with Crippen LogP contribution in [0, 0.1) is 6.92 Å². The van der Waals surface area contributed by atoms with Crippen LogP contribution in [-0.2, 0) is 10.0 Å². The van der Waals surface area contributed by atoms with Gasteiger partial charge in [-0.2, -0.15) is 5.21 Å². The minimum absolute atomic E-state index is 0.0327. The first-order valence-corrected chi connectivity index (χ1v) is 7.99. The molecular formula is C14H13N5O2S. The molecule has 7 nitrogen and oxygen atoms in total. The highest BCUT2D eigenvalue weighted by Crippen LogP contribution is 2.35. The molecule has 3 aromatic rings. The maximum Gasteiger partial charge on any atom is 0.238 e. The molecule has 0 saturated heterocycles. The summed E-state index contributed by atoms with van der Waals surface area (Å²) in [6, 6.07) is 12.5. The third-order valence-electron chi connectivity index (χ3n) is 3.34. The van der Waals surface area contributed by atoms with Crippen LogP contribution >= 0.6 is 0 Å². The molecule has 1 aromatic heterocycles. The van der Waals surface area contributed by atoms with Crippen molar-refractivity contribution >= 4 is 10.0 Å². The fraction of sp³-hybridized carbons (Fsp3) is 0.0714. The van der Waals surface area contributed by atoms with Crippen molar-refractivity contribution in [3.63, 3.8) is 0 Å². The zero-order chi connectivity index (χ0) is 15.7. The summed E-state index contributed by atoms with van der Waals surface area (Å²) >= 11 is 0. The lowest BCUT2D eigenvalue weighted by atomic mass is 9.96. The van der Waals surface area contributed by atoms with Gasteiger partial charge >= 0.3 is 0 Å². The number of nitrogens with one attached hydrogen (secondary N) is 1. The van der Waals surface area contributed by atoms with E-state index in [4.69, 9.17) is 5.14 Å². The first-order valence-electron chi connectivity index (χ1n) is 6.44. The number of nitrogens with zero attached hydrogens (tertiary/aromatic N) is 3. The van der Waals surface area contributed by atoms with Crippen molar-refractivity contribution in [2.75, 3.05) is 0 Å². The van der Waals surface area contributed by atoms with Gasteiger partial charge in [-0.05, 0) is 34.9 Å². The van der Waals surface area contributed by atoms with E-state index in [9.17, 15) is 8.42 Å². The molecule has 3 rings (SSSR count). The van der Waals surface area contributed by atoms with E-state index in [2.05, 4.69) is 20.6 Å². The number of benzene rings is 2. The molecule has 0 spiro atoms. The number of H-pyrrole nitrogens is 1. The Balaban J connectivity index is 2.40. The maximum absolute atomic E-state index is 11.9. The number of nitrogens with two attached hydrogens (primary N) is 1. The summed E-state index contributed by atoms with van der Waals surface area (Å²) in [5.41, 5.74) is 2.91. The highest BCUT2D eigenvalue weighted by atomic mass is 32.2. The number of tetrazole rings is 1. The highest BCUT2D eigenvalue weighted by molar-refractivity contribution is 7.89. The second-order valence-electron chi connectivity index (χ2n) is 4.77. The number of hydrogen-bond acceptors (Lipinski definition) is 5. The lowest BCUT2D eigenvalue weighted by Gasteiger charge is -2.13. The highest BCUT2D eigenvalue weighted by Gasteiger charge is 2.22. The van der Waals surface area contributed by atoms with Gasteiger partial charge in [0.15, 0.2) is 0 Å². The molecule has 0 radical (unpaired) electrons. The molecule has 3 N–H and O–H groups in total. The number of rotatable bonds is 3.